The van der Waals surface area contributed by atoms with Gasteiger partial charge in [-0.25, -0.2) is 0 Å². The molecule has 1 unspecified atom stereocenters. The molecular weight excluding hydrogens is 176 g/mol. The molecule has 0 bridgehead atoms. The van der Waals surface area contributed by atoms with Gasteiger partial charge in [-0.3, -0.25) is 0 Å². The maximum absolute atomic E-state index is 9.77. The molecule has 1 heterocycles. The van der Waals surface area contributed by atoms with Crippen LogP contribution < -0.4 is 0 Å². The van der Waals surface area contributed by atoms with Crippen molar-refractivity contribution in [3.63, 3.8) is 0 Å². The van der Waals surface area contributed by atoms with Crippen LogP contribution in [0.1, 0.15) is 34.1 Å². The fourth-order valence-corrected chi connectivity index (χ4v) is 1.00. The van der Waals surface area contributed by atoms with Gasteiger partial charge in [0.1, 0.15) is 0 Å². The third-order valence-corrected chi connectivity index (χ3v) is 2.80. The molecule has 1 atom stereocenters. The van der Waals surface area contributed by atoms with Gasteiger partial charge in [0.25, 0.3) is 0 Å². The van der Waals surface area contributed by atoms with E-state index in [2.05, 4.69) is 13.8 Å². The molecule has 0 spiro atoms. The fraction of sp³-hybridized carbons (Fsp3) is 1.00. The molecular formula is C9H19ClO2. The Bertz CT molecular complexity index is 145. The second-order valence-corrected chi connectivity index (χ2v) is 4.60. The van der Waals surface area contributed by atoms with Gasteiger partial charge in [0.2, 0.25) is 0 Å². The molecule has 1 rings (SSSR count). The topological polar surface area (TPSA) is 32.8 Å². The highest BCUT2D eigenvalue weighted by atomic mass is 35.5. The van der Waals surface area contributed by atoms with E-state index in [1.165, 1.54) is 0 Å². The summed E-state index contributed by atoms with van der Waals surface area (Å²) < 4.78 is 5.13. The Morgan fingerprint density at radius 2 is 1.75 bits per heavy atom. The van der Waals surface area contributed by atoms with E-state index in [0.717, 1.165) is 13.0 Å². The maximum atomic E-state index is 9.77. The van der Waals surface area contributed by atoms with Crippen LogP contribution in [0.5, 0.6) is 0 Å². The van der Waals surface area contributed by atoms with E-state index in [9.17, 15) is 5.11 Å². The van der Waals surface area contributed by atoms with Crippen molar-refractivity contribution in [2.45, 2.75) is 45.8 Å². The minimum absolute atomic E-state index is 0. The van der Waals surface area contributed by atoms with Crippen LogP contribution in [-0.4, -0.2) is 23.4 Å². The highest BCUT2D eigenvalue weighted by molar-refractivity contribution is 5.85. The van der Waals surface area contributed by atoms with E-state index >= 15 is 0 Å². The van der Waals surface area contributed by atoms with Gasteiger partial charge in [-0.2, -0.15) is 0 Å². The second-order valence-electron chi connectivity index (χ2n) is 4.60. The first-order chi connectivity index (χ1) is 4.83. The molecule has 0 aromatic heterocycles. The van der Waals surface area contributed by atoms with Crippen molar-refractivity contribution in [1.82, 2.24) is 0 Å². The van der Waals surface area contributed by atoms with Crippen molar-refractivity contribution in [2.24, 2.45) is 5.41 Å². The zero-order valence-electron chi connectivity index (χ0n) is 8.26. The third kappa shape index (κ3) is 2.92. The first-order valence-electron chi connectivity index (χ1n) is 4.17. The summed E-state index contributed by atoms with van der Waals surface area (Å²) in [4.78, 5) is 0. The van der Waals surface area contributed by atoms with Crippen LogP contribution in [0.25, 0.3) is 0 Å². The predicted molar refractivity (Wildman–Crippen MR) is 51.7 cm³/mol. The van der Waals surface area contributed by atoms with Crippen molar-refractivity contribution in [3.8, 4) is 0 Å². The largest absolute Gasteiger partial charge is 0.390 e. The zero-order valence-corrected chi connectivity index (χ0v) is 9.07. The lowest BCUT2D eigenvalue weighted by molar-refractivity contribution is -0.0426. The molecule has 1 saturated heterocycles. The van der Waals surface area contributed by atoms with Crippen LogP contribution in [0, 0.1) is 5.41 Å². The SMILES string of the molecule is CC(C)(O)C(C)(C)CC1CO1.Cl. The van der Waals surface area contributed by atoms with E-state index in [4.69, 9.17) is 4.74 Å². The van der Waals surface area contributed by atoms with Crippen molar-refractivity contribution in [2.75, 3.05) is 6.61 Å². The maximum Gasteiger partial charge on any atom is 0.0816 e. The summed E-state index contributed by atoms with van der Waals surface area (Å²) in [6.45, 7) is 8.74. The summed E-state index contributed by atoms with van der Waals surface area (Å²) in [7, 11) is 0. The summed E-state index contributed by atoms with van der Waals surface area (Å²) in [5.41, 5.74) is -0.660. The first kappa shape index (κ1) is 12.2. The van der Waals surface area contributed by atoms with Crippen LogP contribution in [-0.2, 0) is 4.74 Å². The lowest BCUT2D eigenvalue weighted by Crippen LogP contribution is -2.39. The molecule has 2 nitrogen and oxygen atoms in total. The average Bonchev–Trinajstić information content (AvgIpc) is 2.45. The molecule has 0 saturated carbocycles. The van der Waals surface area contributed by atoms with E-state index in [-0.39, 0.29) is 17.8 Å². The van der Waals surface area contributed by atoms with Crippen molar-refractivity contribution in [3.05, 3.63) is 0 Å². The Hall–Kier alpha value is 0.210. The minimum Gasteiger partial charge on any atom is -0.390 e. The lowest BCUT2D eigenvalue weighted by Gasteiger charge is -2.36. The summed E-state index contributed by atoms with van der Waals surface area (Å²) in [5.74, 6) is 0. The molecule has 0 amide bonds. The van der Waals surface area contributed by atoms with Crippen molar-refractivity contribution in [1.29, 1.82) is 0 Å². The Morgan fingerprint density at radius 1 is 1.33 bits per heavy atom. The molecule has 0 aromatic carbocycles. The number of hydrogen-bond donors (Lipinski definition) is 1. The summed E-state index contributed by atoms with van der Waals surface area (Å²) in [6, 6.07) is 0. The second kappa shape index (κ2) is 3.52. The normalized spacial score (nSPS) is 23.2. The van der Waals surface area contributed by atoms with Crippen LogP contribution in [0.2, 0.25) is 0 Å². The van der Waals surface area contributed by atoms with E-state index < -0.39 is 5.60 Å². The molecule has 1 aliphatic heterocycles. The van der Waals surface area contributed by atoms with E-state index in [0.29, 0.717) is 6.10 Å². The highest BCUT2D eigenvalue weighted by Gasteiger charge is 2.40. The van der Waals surface area contributed by atoms with Crippen LogP contribution in [0.15, 0.2) is 0 Å². The van der Waals surface area contributed by atoms with Gasteiger partial charge >= 0.3 is 0 Å². The molecule has 0 radical (unpaired) electrons. The minimum atomic E-state index is -0.612. The quantitative estimate of drug-likeness (QED) is 0.698. The van der Waals surface area contributed by atoms with Gasteiger partial charge in [0.05, 0.1) is 18.3 Å². The number of rotatable bonds is 3. The standard InChI is InChI=1S/C9H18O2.ClH/c1-8(2,9(3,4)10)5-7-6-11-7;/h7,10H,5-6H2,1-4H3;1H. The molecule has 0 aliphatic carbocycles. The number of ether oxygens (including phenoxy) is 1. The van der Waals surface area contributed by atoms with Crippen LogP contribution in [0.4, 0.5) is 0 Å². The molecule has 0 aromatic rings. The smallest absolute Gasteiger partial charge is 0.0816 e. The van der Waals surface area contributed by atoms with Gasteiger partial charge in [-0.05, 0) is 25.7 Å². The molecule has 1 fully saturated rings. The lowest BCUT2D eigenvalue weighted by atomic mass is 9.74. The predicted octanol–water partition coefficient (Wildman–Crippen LogP) is 1.99. The van der Waals surface area contributed by atoms with Gasteiger partial charge < -0.3 is 9.84 Å². The molecule has 12 heavy (non-hydrogen) atoms. The summed E-state index contributed by atoms with van der Waals surface area (Å²) in [5, 5.41) is 9.77. The van der Waals surface area contributed by atoms with Crippen LogP contribution >= 0.6 is 12.4 Å². The molecule has 1 N–H and O–H groups in total. The molecule has 1 aliphatic rings. The van der Waals surface area contributed by atoms with Gasteiger partial charge in [-0.15, -0.1) is 12.4 Å². The number of epoxide rings is 1. The summed E-state index contributed by atoms with van der Waals surface area (Å²) in [6.07, 6.45) is 1.35. The zero-order chi connectivity index (χ0) is 8.70. The van der Waals surface area contributed by atoms with E-state index in [1.807, 2.05) is 13.8 Å². The van der Waals surface area contributed by atoms with Gasteiger partial charge in [-0.1, -0.05) is 13.8 Å². The third-order valence-electron chi connectivity index (χ3n) is 2.80. The Morgan fingerprint density at radius 3 is 2.00 bits per heavy atom. The van der Waals surface area contributed by atoms with Gasteiger partial charge in [0.15, 0.2) is 0 Å². The number of hydrogen-bond acceptors (Lipinski definition) is 2. The summed E-state index contributed by atoms with van der Waals surface area (Å²) >= 11 is 0. The molecule has 74 valence electrons. The number of aliphatic hydroxyl groups is 1. The van der Waals surface area contributed by atoms with Crippen LogP contribution in [0.3, 0.4) is 0 Å². The molecule has 3 heteroatoms. The van der Waals surface area contributed by atoms with Crippen molar-refractivity contribution >= 4 is 12.4 Å². The monoisotopic (exact) mass is 194 g/mol. The Balaban J connectivity index is 0.00000121. The fourth-order valence-electron chi connectivity index (χ4n) is 1.00. The Labute approximate surface area is 80.7 Å². The Kier molecular flexibility index (Phi) is 3.59. The number of halogens is 1. The average molecular weight is 195 g/mol. The van der Waals surface area contributed by atoms with E-state index in [1.54, 1.807) is 0 Å². The van der Waals surface area contributed by atoms with Gasteiger partial charge in [0, 0.05) is 0 Å². The van der Waals surface area contributed by atoms with Crippen molar-refractivity contribution < 1.29 is 9.84 Å². The highest BCUT2D eigenvalue weighted by Crippen LogP contribution is 2.38. The first-order valence-corrected chi connectivity index (χ1v) is 4.17.